The summed E-state index contributed by atoms with van der Waals surface area (Å²) in [7, 11) is 1.64. The normalized spacial score (nSPS) is 20.7. The van der Waals surface area contributed by atoms with Crippen LogP contribution in [0.25, 0.3) is 0 Å². The first-order chi connectivity index (χ1) is 7.84. The lowest BCUT2D eigenvalue weighted by atomic mass is 9.99. The molecule has 0 saturated carbocycles. The first-order valence-corrected chi connectivity index (χ1v) is 5.89. The Balaban J connectivity index is 1.97. The highest BCUT2D eigenvalue weighted by atomic mass is 16.5. The summed E-state index contributed by atoms with van der Waals surface area (Å²) in [5.41, 5.74) is 0. The lowest BCUT2D eigenvalue weighted by molar-refractivity contribution is -0.125. The highest BCUT2D eigenvalue weighted by Crippen LogP contribution is 2.09. The van der Waals surface area contributed by atoms with E-state index in [0.29, 0.717) is 26.4 Å². The minimum absolute atomic E-state index is 0.132. The molecule has 16 heavy (non-hydrogen) atoms. The molecule has 1 rings (SSSR count). The smallest absolute Gasteiger partial charge is 0.224 e. The molecule has 5 heteroatoms. The monoisotopic (exact) mass is 230 g/mol. The van der Waals surface area contributed by atoms with Crippen LogP contribution in [0.3, 0.4) is 0 Å². The highest BCUT2D eigenvalue weighted by Gasteiger charge is 2.19. The van der Waals surface area contributed by atoms with Gasteiger partial charge in [-0.2, -0.15) is 0 Å². The molecule has 0 aliphatic carbocycles. The van der Waals surface area contributed by atoms with Gasteiger partial charge in [-0.15, -0.1) is 0 Å². The number of nitrogens with one attached hydrogen (secondary N) is 2. The number of piperidine rings is 1. The Bertz CT molecular complexity index is 194. The van der Waals surface area contributed by atoms with Crippen molar-refractivity contribution in [2.24, 2.45) is 5.92 Å². The van der Waals surface area contributed by atoms with Crippen molar-refractivity contribution in [1.29, 1.82) is 0 Å². The maximum atomic E-state index is 11.7. The van der Waals surface area contributed by atoms with Crippen molar-refractivity contribution in [1.82, 2.24) is 10.6 Å². The minimum atomic E-state index is 0.132. The van der Waals surface area contributed by atoms with Gasteiger partial charge in [-0.05, 0) is 19.4 Å². The molecule has 0 aromatic rings. The van der Waals surface area contributed by atoms with E-state index in [1.165, 1.54) is 0 Å². The minimum Gasteiger partial charge on any atom is -0.382 e. The van der Waals surface area contributed by atoms with Crippen LogP contribution in [0.4, 0.5) is 0 Å². The zero-order valence-electron chi connectivity index (χ0n) is 9.96. The third kappa shape index (κ3) is 5.44. The van der Waals surface area contributed by atoms with Gasteiger partial charge in [0.1, 0.15) is 0 Å². The standard InChI is InChI=1S/C11H22N2O3/c1-15-7-8-16-6-5-13-11(14)10-3-2-4-12-9-10/h10,12H,2-9H2,1H3,(H,13,14). The second-order valence-electron chi connectivity index (χ2n) is 3.94. The average Bonchev–Trinajstić information content (AvgIpc) is 2.34. The Hall–Kier alpha value is -0.650. The first-order valence-electron chi connectivity index (χ1n) is 5.89. The molecule has 2 N–H and O–H groups in total. The summed E-state index contributed by atoms with van der Waals surface area (Å²) in [6.45, 7) is 4.15. The van der Waals surface area contributed by atoms with Crippen LogP contribution in [0.5, 0.6) is 0 Å². The quantitative estimate of drug-likeness (QED) is 0.593. The van der Waals surface area contributed by atoms with Crippen molar-refractivity contribution in [2.45, 2.75) is 12.8 Å². The molecule has 1 fully saturated rings. The van der Waals surface area contributed by atoms with Crippen LogP contribution in [0.1, 0.15) is 12.8 Å². The van der Waals surface area contributed by atoms with E-state index in [1.54, 1.807) is 7.11 Å². The maximum absolute atomic E-state index is 11.7. The van der Waals surface area contributed by atoms with Gasteiger partial charge in [-0.25, -0.2) is 0 Å². The summed E-state index contributed by atoms with van der Waals surface area (Å²) in [5.74, 6) is 0.273. The Labute approximate surface area is 96.9 Å². The molecule has 1 amide bonds. The number of amides is 1. The Morgan fingerprint density at radius 3 is 3.00 bits per heavy atom. The van der Waals surface area contributed by atoms with Gasteiger partial charge in [0.05, 0.1) is 25.7 Å². The summed E-state index contributed by atoms with van der Waals surface area (Å²) < 4.78 is 10.1. The molecule has 5 nitrogen and oxygen atoms in total. The molecule has 0 aromatic heterocycles. The van der Waals surface area contributed by atoms with Crippen molar-refractivity contribution < 1.29 is 14.3 Å². The van der Waals surface area contributed by atoms with Crippen molar-refractivity contribution in [2.75, 3.05) is 46.6 Å². The van der Waals surface area contributed by atoms with Crippen LogP contribution in [0.2, 0.25) is 0 Å². The fourth-order valence-electron chi connectivity index (χ4n) is 1.71. The first kappa shape index (κ1) is 13.4. The van der Waals surface area contributed by atoms with Crippen LogP contribution in [-0.4, -0.2) is 52.5 Å². The van der Waals surface area contributed by atoms with Gasteiger partial charge in [0.15, 0.2) is 0 Å². The van der Waals surface area contributed by atoms with Crippen molar-refractivity contribution >= 4 is 5.91 Å². The Morgan fingerprint density at radius 1 is 1.44 bits per heavy atom. The second kappa shape index (κ2) is 8.50. The summed E-state index contributed by atoms with van der Waals surface area (Å²) in [6.07, 6.45) is 2.08. The van der Waals surface area contributed by atoms with Gasteiger partial charge in [0.25, 0.3) is 0 Å². The third-order valence-corrected chi connectivity index (χ3v) is 2.65. The van der Waals surface area contributed by atoms with Crippen LogP contribution in [0.15, 0.2) is 0 Å². The van der Waals surface area contributed by atoms with Gasteiger partial charge in [-0.3, -0.25) is 4.79 Å². The van der Waals surface area contributed by atoms with Crippen LogP contribution in [0, 0.1) is 5.92 Å². The van der Waals surface area contributed by atoms with Crippen LogP contribution >= 0.6 is 0 Å². The van der Waals surface area contributed by atoms with E-state index in [0.717, 1.165) is 25.9 Å². The molecule has 1 aliphatic heterocycles. The van der Waals surface area contributed by atoms with E-state index in [1.807, 2.05) is 0 Å². The lowest BCUT2D eigenvalue weighted by Gasteiger charge is -2.21. The van der Waals surface area contributed by atoms with Crippen LogP contribution < -0.4 is 10.6 Å². The number of rotatable bonds is 7. The molecule has 1 heterocycles. The van der Waals surface area contributed by atoms with E-state index in [2.05, 4.69) is 10.6 Å². The molecule has 1 unspecified atom stereocenters. The number of methoxy groups -OCH3 is 1. The van der Waals surface area contributed by atoms with Gasteiger partial charge in [0.2, 0.25) is 5.91 Å². The predicted octanol–water partition coefficient (Wildman–Crippen LogP) is -0.235. The largest absolute Gasteiger partial charge is 0.382 e. The summed E-state index contributed by atoms with van der Waals surface area (Å²) in [4.78, 5) is 11.7. The number of hydrogen-bond donors (Lipinski definition) is 2. The average molecular weight is 230 g/mol. The molecule has 0 bridgehead atoms. The lowest BCUT2D eigenvalue weighted by Crippen LogP contribution is -2.41. The molecule has 1 aliphatic rings. The third-order valence-electron chi connectivity index (χ3n) is 2.65. The zero-order valence-corrected chi connectivity index (χ0v) is 9.96. The molecule has 0 aromatic carbocycles. The molecule has 0 spiro atoms. The van der Waals surface area contributed by atoms with Crippen LogP contribution in [-0.2, 0) is 14.3 Å². The molecule has 1 atom stereocenters. The van der Waals surface area contributed by atoms with E-state index >= 15 is 0 Å². The summed E-state index contributed by atoms with van der Waals surface area (Å²) in [6, 6.07) is 0. The highest BCUT2D eigenvalue weighted by molar-refractivity contribution is 5.78. The number of hydrogen-bond acceptors (Lipinski definition) is 4. The van der Waals surface area contributed by atoms with Crippen molar-refractivity contribution in [3.63, 3.8) is 0 Å². The molecular formula is C11H22N2O3. The molecule has 0 radical (unpaired) electrons. The van der Waals surface area contributed by atoms with E-state index in [-0.39, 0.29) is 11.8 Å². The topological polar surface area (TPSA) is 59.6 Å². The molecule has 94 valence electrons. The van der Waals surface area contributed by atoms with Gasteiger partial charge in [-0.1, -0.05) is 0 Å². The predicted molar refractivity (Wildman–Crippen MR) is 61.3 cm³/mol. The van der Waals surface area contributed by atoms with Crippen molar-refractivity contribution in [3.05, 3.63) is 0 Å². The number of carbonyl (C=O) groups excluding carboxylic acids is 1. The summed E-state index contributed by atoms with van der Waals surface area (Å²) in [5, 5.41) is 6.11. The van der Waals surface area contributed by atoms with E-state index in [4.69, 9.17) is 9.47 Å². The number of ether oxygens (including phenoxy) is 2. The second-order valence-corrected chi connectivity index (χ2v) is 3.94. The Kier molecular flexibility index (Phi) is 7.12. The zero-order chi connectivity index (χ0) is 11.6. The molecular weight excluding hydrogens is 208 g/mol. The SMILES string of the molecule is COCCOCCNC(=O)C1CCCNC1. The fourth-order valence-corrected chi connectivity index (χ4v) is 1.71. The van der Waals surface area contributed by atoms with Crippen molar-refractivity contribution in [3.8, 4) is 0 Å². The summed E-state index contributed by atoms with van der Waals surface area (Å²) >= 11 is 0. The van der Waals surface area contributed by atoms with Gasteiger partial charge < -0.3 is 20.1 Å². The fraction of sp³-hybridized carbons (Fsp3) is 0.909. The maximum Gasteiger partial charge on any atom is 0.224 e. The van der Waals surface area contributed by atoms with E-state index in [9.17, 15) is 4.79 Å². The number of carbonyl (C=O) groups is 1. The van der Waals surface area contributed by atoms with Gasteiger partial charge in [0, 0.05) is 20.2 Å². The molecule has 1 saturated heterocycles. The Morgan fingerprint density at radius 2 is 2.31 bits per heavy atom. The van der Waals surface area contributed by atoms with E-state index < -0.39 is 0 Å². The van der Waals surface area contributed by atoms with Gasteiger partial charge >= 0.3 is 0 Å².